The second-order valence-corrected chi connectivity index (χ2v) is 9.03. The molecule has 0 radical (unpaired) electrons. The normalized spacial score (nSPS) is 18.7. The van der Waals surface area contributed by atoms with Gasteiger partial charge in [0, 0.05) is 31.5 Å². The number of aliphatic carboxylic acids is 1. The van der Waals surface area contributed by atoms with Crippen LogP contribution in [-0.4, -0.2) is 53.7 Å². The Hall–Kier alpha value is -3.35. The van der Waals surface area contributed by atoms with E-state index in [2.05, 4.69) is 29.6 Å². The van der Waals surface area contributed by atoms with E-state index in [1.165, 1.54) is 11.1 Å². The van der Waals surface area contributed by atoms with Gasteiger partial charge < -0.3 is 20.1 Å². The number of carbonyl (C=O) groups excluding carboxylic acids is 2. The van der Waals surface area contributed by atoms with Crippen LogP contribution >= 0.6 is 0 Å². The van der Waals surface area contributed by atoms with Gasteiger partial charge in [-0.15, -0.1) is 0 Å². The molecular weight excluding hydrogens is 432 g/mol. The Morgan fingerprint density at radius 1 is 1.03 bits per heavy atom. The Bertz CT molecular complexity index is 1010. The second-order valence-electron chi connectivity index (χ2n) is 9.03. The lowest BCUT2D eigenvalue weighted by molar-refractivity contribution is -0.139. The molecule has 34 heavy (non-hydrogen) atoms. The van der Waals surface area contributed by atoms with E-state index in [1.54, 1.807) is 4.90 Å². The van der Waals surface area contributed by atoms with Crippen LogP contribution in [-0.2, 0) is 14.3 Å². The van der Waals surface area contributed by atoms with Crippen molar-refractivity contribution in [1.29, 1.82) is 0 Å². The maximum Gasteiger partial charge on any atom is 0.407 e. The minimum atomic E-state index is -0.862. The van der Waals surface area contributed by atoms with Crippen LogP contribution in [0.4, 0.5) is 4.79 Å². The van der Waals surface area contributed by atoms with E-state index < -0.39 is 12.1 Å². The number of carbonyl (C=O) groups is 3. The minimum Gasteiger partial charge on any atom is -0.481 e. The van der Waals surface area contributed by atoms with E-state index in [4.69, 9.17) is 9.84 Å². The standard InChI is InChI=1S/C27H32N2O5/c1-2-29(16-8-15-25(30)31)26(32)22-13-7-14-24(22)28-27(33)34-17-23-20-11-5-3-9-18(20)19-10-4-6-12-21(19)23/h3-6,9-12,22-24H,2,7-8,13-17H2,1H3,(H,28,33)(H,30,31)/t22-,24+/m1/s1. The van der Waals surface area contributed by atoms with Gasteiger partial charge in [0.25, 0.3) is 0 Å². The number of benzene rings is 2. The minimum absolute atomic E-state index is 0.0102. The number of nitrogens with one attached hydrogen (secondary N) is 1. The van der Waals surface area contributed by atoms with Crippen molar-refractivity contribution in [3.8, 4) is 11.1 Å². The first-order valence-corrected chi connectivity index (χ1v) is 12.1. The average Bonchev–Trinajstić information content (AvgIpc) is 3.42. The summed E-state index contributed by atoms with van der Waals surface area (Å²) in [6.07, 6.45) is 2.26. The summed E-state index contributed by atoms with van der Waals surface area (Å²) < 4.78 is 5.67. The fourth-order valence-corrected chi connectivity index (χ4v) is 5.30. The Kier molecular flexibility index (Phi) is 7.50. The first-order chi connectivity index (χ1) is 16.5. The highest BCUT2D eigenvalue weighted by molar-refractivity contribution is 5.81. The van der Waals surface area contributed by atoms with Crippen LogP contribution in [0, 0.1) is 5.92 Å². The molecule has 1 fully saturated rings. The summed E-state index contributed by atoms with van der Waals surface area (Å²) in [5.41, 5.74) is 4.67. The summed E-state index contributed by atoms with van der Waals surface area (Å²) in [5, 5.41) is 11.8. The Balaban J connectivity index is 1.35. The zero-order valence-electron chi connectivity index (χ0n) is 19.5. The molecule has 7 heteroatoms. The monoisotopic (exact) mass is 464 g/mol. The van der Waals surface area contributed by atoms with Crippen molar-refractivity contribution in [3.05, 3.63) is 59.7 Å². The van der Waals surface area contributed by atoms with Crippen LogP contribution in [0.3, 0.4) is 0 Å². The molecule has 2 amide bonds. The maximum atomic E-state index is 13.1. The molecule has 2 N–H and O–H groups in total. The van der Waals surface area contributed by atoms with Gasteiger partial charge in [-0.2, -0.15) is 0 Å². The zero-order valence-corrected chi connectivity index (χ0v) is 19.5. The van der Waals surface area contributed by atoms with Gasteiger partial charge in [-0.25, -0.2) is 4.79 Å². The first kappa shape index (κ1) is 23.8. The Morgan fingerprint density at radius 2 is 1.68 bits per heavy atom. The van der Waals surface area contributed by atoms with Crippen LogP contribution in [0.2, 0.25) is 0 Å². The highest BCUT2D eigenvalue weighted by atomic mass is 16.5. The molecule has 7 nitrogen and oxygen atoms in total. The number of amides is 2. The zero-order chi connectivity index (χ0) is 24.1. The van der Waals surface area contributed by atoms with Crippen LogP contribution in [0.1, 0.15) is 56.1 Å². The number of fused-ring (bicyclic) bond motifs is 3. The molecule has 0 spiro atoms. The molecule has 2 atom stereocenters. The van der Waals surface area contributed by atoms with E-state index in [0.29, 0.717) is 25.9 Å². The summed E-state index contributed by atoms with van der Waals surface area (Å²) in [5.74, 6) is -1.19. The quantitative estimate of drug-likeness (QED) is 0.573. The molecule has 2 aliphatic rings. The topological polar surface area (TPSA) is 95.9 Å². The Morgan fingerprint density at radius 3 is 2.29 bits per heavy atom. The number of nitrogens with zero attached hydrogens (tertiary/aromatic N) is 1. The van der Waals surface area contributed by atoms with E-state index >= 15 is 0 Å². The first-order valence-electron chi connectivity index (χ1n) is 12.1. The number of carboxylic acid groups (broad SMARTS) is 1. The number of rotatable bonds is 9. The van der Waals surface area contributed by atoms with Crippen molar-refractivity contribution in [1.82, 2.24) is 10.2 Å². The molecule has 180 valence electrons. The average molecular weight is 465 g/mol. The van der Waals surface area contributed by atoms with Crippen molar-refractivity contribution in [2.24, 2.45) is 5.92 Å². The van der Waals surface area contributed by atoms with Crippen molar-refractivity contribution >= 4 is 18.0 Å². The summed E-state index contributed by atoms with van der Waals surface area (Å²) in [7, 11) is 0. The van der Waals surface area contributed by atoms with Crippen molar-refractivity contribution in [2.45, 2.75) is 51.0 Å². The molecule has 0 aromatic heterocycles. The van der Waals surface area contributed by atoms with Crippen LogP contribution in [0.5, 0.6) is 0 Å². The number of alkyl carbamates (subject to hydrolysis) is 1. The Labute approximate surface area is 200 Å². The van der Waals surface area contributed by atoms with Gasteiger partial charge in [0.15, 0.2) is 0 Å². The summed E-state index contributed by atoms with van der Waals surface area (Å²) in [6, 6.07) is 16.1. The molecule has 4 rings (SSSR count). The van der Waals surface area contributed by atoms with Gasteiger partial charge in [0.05, 0.1) is 5.92 Å². The number of ether oxygens (including phenoxy) is 1. The lowest BCUT2D eigenvalue weighted by Gasteiger charge is -2.27. The molecule has 0 saturated heterocycles. The van der Waals surface area contributed by atoms with Crippen LogP contribution < -0.4 is 5.32 Å². The molecule has 1 saturated carbocycles. The third kappa shape index (κ3) is 5.08. The van der Waals surface area contributed by atoms with Gasteiger partial charge >= 0.3 is 12.1 Å². The smallest absolute Gasteiger partial charge is 0.407 e. The molecule has 2 aromatic carbocycles. The van der Waals surface area contributed by atoms with Crippen LogP contribution in [0.25, 0.3) is 11.1 Å². The van der Waals surface area contributed by atoms with Gasteiger partial charge in [0.1, 0.15) is 6.61 Å². The van der Waals surface area contributed by atoms with Gasteiger partial charge in [-0.05, 0) is 48.4 Å². The van der Waals surface area contributed by atoms with Crippen molar-refractivity contribution < 1.29 is 24.2 Å². The maximum absolute atomic E-state index is 13.1. The highest BCUT2D eigenvalue weighted by Gasteiger charge is 2.37. The molecular formula is C27H32N2O5. The largest absolute Gasteiger partial charge is 0.481 e. The van der Waals surface area contributed by atoms with E-state index in [0.717, 1.165) is 24.0 Å². The predicted molar refractivity (Wildman–Crippen MR) is 128 cm³/mol. The lowest BCUT2D eigenvalue weighted by atomic mass is 9.98. The molecule has 0 bridgehead atoms. The van der Waals surface area contributed by atoms with Gasteiger partial charge in [-0.1, -0.05) is 55.0 Å². The third-order valence-corrected chi connectivity index (χ3v) is 6.99. The molecule has 2 aromatic rings. The van der Waals surface area contributed by atoms with Crippen molar-refractivity contribution in [3.63, 3.8) is 0 Å². The van der Waals surface area contributed by atoms with Gasteiger partial charge in [0.2, 0.25) is 5.91 Å². The fourth-order valence-electron chi connectivity index (χ4n) is 5.30. The highest BCUT2D eigenvalue weighted by Crippen LogP contribution is 2.44. The van der Waals surface area contributed by atoms with E-state index in [1.807, 2.05) is 31.2 Å². The molecule has 0 heterocycles. The number of carboxylic acids is 1. The number of hydrogen-bond acceptors (Lipinski definition) is 4. The van der Waals surface area contributed by atoms with E-state index in [9.17, 15) is 14.4 Å². The summed E-state index contributed by atoms with van der Waals surface area (Å²) in [6.45, 7) is 3.06. The summed E-state index contributed by atoms with van der Waals surface area (Å²) >= 11 is 0. The molecule has 0 aliphatic heterocycles. The molecule has 0 unspecified atom stereocenters. The molecule has 2 aliphatic carbocycles. The summed E-state index contributed by atoms with van der Waals surface area (Å²) in [4.78, 5) is 38.3. The van der Waals surface area contributed by atoms with Gasteiger partial charge in [-0.3, -0.25) is 9.59 Å². The van der Waals surface area contributed by atoms with Crippen molar-refractivity contribution in [2.75, 3.05) is 19.7 Å². The van der Waals surface area contributed by atoms with Crippen LogP contribution in [0.15, 0.2) is 48.5 Å². The second kappa shape index (κ2) is 10.7. The predicted octanol–water partition coefficient (Wildman–Crippen LogP) is 4.41. The fraction of sp³-hybridized carbons (Fsp3) is 0.444. The van der Waals surface area contributed by atoms with E-state index in [-0.39, 0.29) is 36.8 Å². The SMILES string of the molecule is CCN(CCCC(=O)O)C(=O)[C@@H]1CCC[C@@H]1NC(=O)OCC1c2ccccc2-c2ccccc21. The lowest BCUT2D eigenvalue weighted by Crippen LogP contribution is -2.46. The number of hydrogen-bond donors (Lipinski definition) is 2. The third-order valence-electron chi connectivity index (χ3n) is 6.99.